The van der Waals surface area contributed by atoms with Crippen molar-refractivity contribution in [3.8, 4) is 5.82 Å². The Bertz CT molecular complexity index is 513. The van der Waals surface area contributed by atoms with E-state index >= 15 is 0 Å². The molecule has 4 nitrogen and oxygen atoms in total. The summed E-state index contributed by atoms with van der Waals surface area (Å²) in [5, 5.41) is 7.91. The van der Waals surface area contributed by atoms with Gasteiger partial charge in [0.25, 0.3) is 0 Å². The number of hydrogen-bond acceptors (Lipinski definition) is 3. The Morgan fingerprint density at radius 1 is 1.21 bits per heavy atom. The fourth-order valence-electron chi connectivity index (χ4n) is 1.99. The van der Waals surface area contributed by atoms with Crippen LogP contribution in [0.3, 0.4) is 0 Å². The summed E-state index contributed by atoms with van der Waals surface area (Å²) in [7, 11) is 0. The van der Waals surface area contributed by atoms with Crippen LogP contribution in [0.1, 0.15) is 50.9 Å². The molecule has 102 valence electrons. The molecule has 0 aromatic carbocycles. The van der Waals surface area contributed by atoms with E-state index in [9.17, 15) is 0 Å². The summed E-state index contributed by atoms with van der Waals surface area (Å²) < 4.78 is 1.83. The van der Waals surface area contributed by atoms with Crippen LogP contribution >= 0.6 is 0 Å². The topological polar surface area (TPSA) is 42.7 Å². The summed E-state index contributed by atoms with van der Waals surface area (Å²) in [5.41, 5.74) is 2.29. The van der Waals surface area contributed by atoms with Crippen molar-refractivity contribution in [2.24, 2.45) is 0 Å². The molecule has 0 bridgehead atoms. The van der Waals surface area contributed by atoms with Gasteiger partial charge in [0.05, 0.1) is 5.69 Å². The molecule has 19 heavy (non-hydrogen) atoms. The Labute approximate surface area is 114 Å². The fraction of sp³-hybridized carbons (Fsp3) is 0.467. The van der Waals surface area contributed by atoms with Crippen molar-refractivity contribution in [2.45, 2.75) is 39.7 Å². The lowest BCUT2D eigenvalue weighted by Crippen LogP contribution is -2.17. The number of pyridine rings is 1. The SMILES string of the molecule is CCNC(C)c1ccc(-n2ccc(C(C)C)n2)nc1. The van der Waals surface area contributed by atoms with Crippen LogP contribution < -0.4 is 5.32 Å². The molecule has 0 fully saturated rings. The van der Waals surface area contributed by atoms with Gasteiger partial charge in [-0.1, -0.05) is 26.8 Å². The predicted molar refractivity (Wildman–Crippen MR) is 77.5 cm³/mol. The summed E-state index contributed by atoms with van der Waals surface area (Å²) in [6, 6.07) is 6.49. The Kier molecular flexibility index (Phi) is 4.32. The molecule has 1 unspecified atom stereocenters. The number of nitrogens with one attached hydrogen (secondary N) is 1. The molecule has 2 aromatic heterocycles. The van der Waals surface area contributed by atoms with Crippen molar-refractivity contribution in [3.63, 3.8) is 0 Å². The summed E-state index contributed by atoms with van der Waals surface area (Å²) in [6.07, 6.45) is 3.88. The molecule has 1 N–H and O–H groups in total. The first-order chi connectivity index (χ1) is 9.11. The molecule has 0 amide bonds. The van der Waals surface area contributed by atoms with Crippen LogP contribution in [-0.2, 0) is 0 Å². The first-order valence-electron chi connectivity index (χ1n) is 6.87. The monoisotopic (exact) mass is 258 g/mol. The molecule has 0 saturated heterocycles. The highest BCUT2D eigenvalue weighted by molar-refractivity contribution is 5.26. The van der Waals surface area contributed by atoms with E-state index in [1.54, 1.807) is 0 Å². The second kappa shape index (κ2) is 5.97. The highest BCUT2D eigenvalue weighted by atomic mass is 15.3. The van der Waals surface area contributed by atoms with Gasteiger partial charge in [0, 0.05) is 18.4 Å². The van der Waals surface area contributed by atoms with Gasteiger partial charge in [0.15, 0.2) is 5.82 Å². The van der Waals surface area contributed by atoms with Crippen molar-refractivity contribution in [1.82, 2.24) is 20.1 Å². The molecule has 0 aliphatic rings. The quantitative estimate of drug-likeness (QED) is 0.896. The van der Waals surface area contributed by atoms with Crippen LogP contribution in [-0.4, -0.2) is 21.3 Å². The zero-order chi connectivity index (χ0) is 13.8. The van der Waals surface area contributed by atoms with Crippen molar-refractivity contribution in [3.05, 3.63) is 41.9 Å². The van der Waals surface area contributed by atoms with E-state index in [2.05, 4.69) is 49.2 Å². The van der Waals surface area contributed by atoms with Crippen LogP contribution in [0.15, 0.2) is 30.6 Å². The first kappa shape index (κ1) is 13.7. The van der Waals surface area contributed by atoms with E-state index in [1.165, 1.54) is 5.56 Å². The number of aromatic nitrogens is 3. The Hall–Kier alpha value is -1.68. The van der Waals surface area contributed by atoms with Gasteiger partial charge in [0.1, 0.15) is 0 Å². The third-order valence-electron chi connectivity index (χ3n) is 3.22. The average Bonchev–Trinajstić information content (AvgIpc) is 2.89. The first-order valence-corrected chi connectivity index (χ1v) is 6.87. The second-order valence-corrected chi connectivity index (χ2v) is 5.07. The minimum absolute atomic E-state index is 0.329. The molecule has 2 rings (SSSR count). The average molecular weight is 258 g/mol. The predicted octanol–water partition coefficient (Wildman–Crippen LogP) is 3.06. The maximum Gasteiger partial charge on any atom is 0.153 e. The van der Waals surface area contributed by atoms with Gasteiger partial charge in [-0.05, 0) is 37.1 Å². The van der Waals surface area contributed by atoms with Gasteiger partial charge in [-0.3, -0.25) is 0 Å². The van der Waals surface area contributed by atoms with Gasteiger partial charge in [-0.15, -0.1) is 0 Å². The Balaban J connectivity index is 2.17. The third kappa shape index (κ3) is 3.20. The maximum absolute atomic E-state index is 4.53. The van der Waals surface area contributed by atoms with E-state index < -0.39 is 0 Å². The van der Waals surface area contributed by atoms with E-state index in [0.29, 0.717) is 12.0 Å². The molecule has 0 radical (unpaired) electrons. The molecule has 0 spiro atoms. The van der Waals surface area contributed by atoms with E-state index in [4.69, 9.17) is 0 Å². The minimum Gasteiger partial charge on any atom is -0.310 e. The van der Waals surface area contributed by atoms with Gasteiger partial charge < -0.3 is 5.32 Å². The largest absolute Gasteiger partial charge is 0.310 e. The lowest BCUT2D eigenvalue weighted by Gasteiger charge is -2.12. The van der Waals surface area contributed by atoms with Crippen LogP contribution in [0, 0.1) is 0 Å². The van der Waals surface area contributed by atoms with E-state index in [1.807, 2.05) is 29.2 Å². The van der Waals surface area contributed by atoms with Crippen molar-refractivity contribution < 1.29 is 0 Å². The molecule has 4 heteroatoms. The summed E-state index contributed by atoms with van der Waals surface area (Å²) >= 11 is 0. The summed E-state index contributed by atoms with van der Waals surface area (Å²) in [6.45, 7) is 9.49. The lowest BCUT2D eigenvalue weighted by atomic mass is 10.1. The van der Waals surface area contributed by atoms with Crippen LogP contribution in [0.5, 0.6) is 0 Å². The number of nitrogens with zero attached hydrogens (tertiary/aromatic N) is 3. The molecule has 0 aliphatic carbocycles. The standard InChI is InChI=1S/C15H22N4/c1-5-16-12(4)13-6-7-15(17-10-13)19-9-8-14(18-19)11(2)3/h6-12,16H,5H2,1-4H3. The summed E-state index contributed by atoms with van der Waals surface area (Å²) in [4.78, 5) is 4.49. The lowest BCUT2D eigenvalue weighted by molar-refractivity contribution is 0.595. The highest BCUT2D eigenvalue weighted by Crippen LogP contribution is 2.15. The maximum atomic E-state index is 4.53. The normalized spacial score (nSPS) is 12.9. The van der Waals surface area contributed by atoms with Gasteiger partial charge in [0.2, 0.25) is 0 Å². The smallest absolute Gasteiger partial charge is 0.153 e. The van der Waals surface area contributed by atoms with E-state index in [0.717, 1.165) is 18.1 Å². The molecule has 0 aliphatic heterocycles. The molecule has 2 aromatic rings. The molecule has 2 heterocycles. The number of rotatable bonds is 5. The highest BCUT2D eigenvalue weighted by Gasteiger charge is 2.07. The molecule has 0 saturated carbocycles. The van der Waals surface area contributed by atoms with Gasteiger partial charge in [-0.2, -0.15) is 5.10 Å². The van der Waals surface area contributed by atoms with Gasteiger partial charge in [-0.25, -0.2) is 9.67 Å². The van der Waals surface area contributed by atoms with Crippen molar-refractivity contribution in [1.29, 1.82) is 0 Å². The zero-order valence-corrected chi connectivity index (χ0v) is 12.1. The van der Waals surface area contributed by atoms with E-state index in [-0.39, 0.29) is 0 Å². The third-order valence-corrected chi connectivity index (χ3v) is 3.22. The minimum atomic E-state index is 0.329. The van der Waals surface area contributed by atoms with Crippen molar-refractivity contribution in [2.75, 3.05) is 6.54 Å². The zero-order valence-electron chi connectivity index (χ0n) is 12.1. The van der Waals surface area contributed by atoms with Crippen LogP contribution in [0.2, 0.25) is 0 Å². The van der Waals surface area contributed by atoms with Crippen LogP contribution in [0.4, 0.5) is 0 Å². The second-order valence-electron chi connectivity index (χ2n) is 5.07. The summed E-state index contributed by atoms with van der Waals surface area (Å²) in [5.74, 6) is 1.30. The molecular weight excluding hydrogens is 236 g/mol. The Morgan fingerprint density at radius 2 is 2.00 bits per heavy atom. The Morgan fingerprint density at radius 3 is 2.53 bits per heavy atom. The molecule has 1 atom stereocenters. The number of hydrogen-bond donors (Lipinski definition) is 1. The van der Waals surface area contributed by atoms with Gasteiger partial charge >= 0.3 is 0 Å². The molecular formula is C15H22N4. The van der Waals surface area contributed by atoms with Crippen molar-refractivity contribution >= 4 is 0 Å². The van der Waals surface area contributed by atoms with Crippen LogP contribution in [0.25, 0.3) is 5.82 Å². The fourth-order valence-corrected chi connectivity index (χ4v) is 1.99.